The van der Waals surface area contributed by atoms with E-state index in [1.165, 1.54) is 43.7 Å². The minimum Gasteiger partial charge on any atom is -0.351 e. The first kappa shape index (κ1) is 22.6. The molecule has 1 aliphatic heterocycles. The Labute approximate surface area is 197 Å². The molecule has 5 rings (SSSR count). The molecule has 0 radical (unpaired) electrons. The van der Waals surface area contributed by atoms with E-state index in [-0.39, 0.29) is 29.6 Å². The molecular weight excluding hydrogens is 415 g/mol. The topological polar surface area (TPSA) is 49.4 Å². The van der Waals surface area contributed by atoms with Gasteiger partial charge in [-0.3, -0.25) is 9.59 Å². The summed E-state index contributed by atoms with van der Waals surface area (Å²) in [5, 5.41) is 2.86. The highest BCUT2D eigenvalue weighted by Crippen LogP contribution is 2.65. The number of hydrogen-bond acceptors (Lipinski definition) is 2. The molecule has 1 aromatic carbocycles. The molecule has 1 unspecified atom stereocenters. The number of amides is 2. The van der Waals surface area contributed by atoms with E-state index in [0.29, 0.717) is 29.2 Å². The van der Waals surface area contributed by atoms with E-state index < -0.39 is 5.92 Å². The maximum Gasteiger partial charge on any atom is 0.239 e. The van der Waals surface area contributed by atoms with Crippen LogP contribution in [0.1, 0.15) is 71.3 Å². The molecule has 2 saturated carbocycles. The first-order valence-electron chi connectivity index (χ1n) is 12.6. The lowest BCUT2D eigenvalue weighted by Crippen LogP contribution is -2.58. The summed E-state index contributed by atoms with van der Waals surface area (Å²) < 4.78 is 14.0. The fourth-order valence-corrected chi connectivity index (χ4v) is 8.39. The molecular formula is C28H37FN2O2. The van der Waals surface area contributed by atoms with Crippen LogP contribution >= 0.6 is 0 Å². The third kappa shape index (κ3) is 3.45. The largest absolute Gasteiger partial charge is 0.351 e. The zero-order valence-corrected chi connectivity index (χ0v) is 20.4. The lowest BCUT2D eigenvalue weighted by molar-refractivity contribution is -0.149. The minimum atomic E-state index is -0.723. The van der Waals surface area contributed by atoms with Gasteiger partial charge in [0.1, 0.15) is 11.7 Å². The Hall–Kier alpha value is -2.17. The summed E-state index contributed by atoms with van der Waals surface area (Å²) in [6.07, 6.45) is 8.05. The number of likely N-dealkylation sites (tertiary alicyclic amines) is 1. The molecule has 0 bridgehead atoms. The molecule has 33 heavy (non-hydrogen) atoms. The van der Waals surface area contributed by atoms with Crippen molar-refractivity contribution in [2.24, 2.45) is 34.5 Å². The van der Waals surface area contributed by atoms with Crippen molar-refractivity contribution in [1.82, 2.24) is 10.2 Å². The van der Waals surface area contributed by atoms with Gasteiger partial charge in [-0.25, -0.2) is 4.39 Å². The van der Waals surface area contributed by atoms with E-state index in [9.17, 15) is 14.0 Å². The van der Waals surface area contributed by atoms with Crippen molar-refractivity contribution in [3.8, 4) is 0 Å². The molecule has 6 atom stereocenters. The van der Waals surface area contributed by atoms with Crippen molar-refractivity contribution in [3.05, 3.63) is 46.9 Å². The fourth-order valence-electron chi connectivity index (χ4n) is 8.39. The average molecular weight is 453 g/mol. The van der Waals surface area contributed by atoms with Gasteiger partial charge in [-0.2, -0.15) is 0 Å². The van der Waals surface area contributed by atoms with Crippen LogP contribution in [-0.2, 0) is 16.1 Å². The Balaban J connectivity index is 1.42. The lowest BCUT2D eigenvalue weighted by Gasteiger charge is -2.59. The van der Waals surface area contributed by atoms with Crippen LogP contribution in [0.25, 0.3) is 0 Å². The number of carbonyl (C=O) groups is 2. The predicted molar refractivity (Wildman–Crippen MR) is 126 cm³/mol. The van der Waals surface area contributed by atoms with Gasteiger partial charge in [0.15, 0.2) is 0 Å². The maximum absolute atomic E-state index is 14.0. The molecule has 0 spiro atoms. The van der Waals surface area contributed by atoms with Gasteiger partial charge < -0.3 is 10.2 Å². The summed E-state index contributed by atoms with van der Waals surface area (Å²) in [6, 6.07) is 6.45. The van der Waals surface area contributed by atoms with Crippen molar-refractivity contribution in [3.63, 3.8) is 0 Å². The van der Waals surface area contributed by atoms with Gasteiger partial charge in [0, 0.05) is 30.3 Å². The second-order valence-corrected chi connectivity index (χ2v) is 11.7. The smallest absolute Gasteiger partial charge is 0.239 e. The SMILES string of the molecule is CC1=C2N(C)C(=O)C(C(=O)NCc3ccccc3F)C[C@]2(C)[C@@H]2CC[C@]3(C)CCC[C@H]3[C@@H]2C1. The van der Waals surface area contributed by atoms with E-state index >= 15 is 0 Å². The highest BCUT2D eigenvalue weighted by atomic mass is 19.1. The van der Waals surface area contributed by atoms with E-state index in [0.717, 1.165) is 18.0 Å². The first-order valence-corrected chi connectivity index (χ1v) is 12.6. The summed E-state index contributed by atoms with van der Waals surface area (Å²) in [6.45, 7) is 7.10. The second kappa shape index (κ2) is 7.95. The Morgan fingerprint density at radius 3 is 2.70 bits per heavy atom. The van der Waals surface area contributed by atoms with E-state index in [2.05, 4.69) is 26.1 Å². The Bertz CT molecular complexity index is 1020. The molecule has 4 aliphatic rings. The quantitative estimate of drug-likeness (QED) is 0.621. The van der Waals surface area contributed by atoms with Crippen molar-refractivity contribution < 1.29 is 14.0 Å². The number of piperidine rings is 1. The molecule has 4 nitrogen and oxygen atoms in total. The van der Waals surface area contributed by atoms with Crippen LogP contribution in [-0.4, -0.2) is 23.8 Å². The van der Waals surface area contributed by atoms with Crippen molar-refractivity contribution in [2.75, 3.05) is 7.05 Å². The molecule has 5 heteroatoms. The summed E-state index contributed by atoms with van der Waals surface area (Å²) >= 11 is 0. The standard InChI is InChI=1S/C28H37FN2O2/c1-17-14-19-21-9-7-12-27(21,2)13-11-22(19)28(3)15-20(26(33)31(4)24(17)28)25(32)30-16-18-8-5-6-10-23(18)29/h5-6,8,10,19-22H,7,9,11-16H2,1-4H3,(H,30,32)/t19-,20?,21-,22+,27-,28+/m0/s1. The molecule has 1 saturated heterocycles. The van der Waals surface area contributed by atoms with Crippen molar-refractivity contribution in [1.29, 1.82) is 0 Å². The monoisotopic (exact) mass is 452 g/mol. The Morgan fingerprint density at radius 1 is 1.18 bits per heavy atom. The van der Waals surface area contributed by atoms with Gasteiger partial charge in [-0.15, -0.1) is 0 Å². The molecule has 178 valence electrons. The van der Waals surface area contributed by atoms with Crippen molar-refractivity contribution in [2.45, 2.75) is 72.3 Å². The maximum atomic E-state index is 14.0. The third-order valence-corrected chi connectivity index (χ3v) is 9.84. The number of carbonyl (C=O) groups excluding carboxylic acids is 2. The van der Waals surface area contributed by atoms with Gasteiger partial charge >= 0.3 is 0 Å². The van der Waals surface area contributed by atoms with E-state index in [1.54, 1.807) is 23.1 Å². The van der Waals surface area contributed by atoms with Gasteiger partial charge in [0.05, 0.1) is 0 Å². The fraction of sp³-hybridized carbons (Fsp3) is 0.643. The Morgan fingerprint density at radius 2 is 1.94 bits per heavy atom. The number of nitrogens with zero attached hydrogens (tertiary/aromatic N) is 1. The van der Waals surface area contributed by atoms with Crippen LogP contribution in [0.3, 0.4) is 0 Å². The number of allylic oxidation sites excluding steroid dienone is 2. The van der Waals surface area contributed by atoms with Gasteiger partial charge in [0.25, 0.3) is 0 Å². The third-order valence-electron chi connectivity index (χ3n) is 9.84. The first-order chi connectivity index (χ1) is 15.7. The highest BCUT2D eigenvalue weighted by Gasteiger charge is 2.59. The number of hydrogen-bond donors (Lipinski definition) is 1. The number of halogens is 1. The highest BCUT2D eigenvalue weighted by molar-refractivity contribution is 6.01. The minimum absolute atomic E-state index is 0.101. The van der Waals surface area contributed by atoms with Gasteiger partial charge in [-0.05, 0) is 74.7 Å². The summed E-state index contributed by atoms with van der Waals surface area (Å²) in [5.41, 5.74) is 3.21. The summed E-state index contributed by atoms with van der Waals surface area (Å²) in [5.74, 6) is 0.424. The van der Waals surface area contributed by atoms with Gasteiger partial charge in [0.2, 0.25) is 11.8 Å². The molecule has 1 N–H and O–H groups in total. The molecule has 3 aliphatic carbocycles. The van der Waals surface area contributed by atoms with Crippen LogP contribution in [0.5, 0.6) is 0 Å². The number of nitrogens with one attached hydrogen (secondary N) is 1. The second-order valence-electron chi connectivity index (χ2n) is 11.7. The zero-order valence-electron chi connectivity index (χ0n) is 20.4. The van der Waals surface area contributed by atoms with Crippen LogP contribution in [0.4, 0.5) is 4.39 Å². The number of rotatable bonds is 3. The normalized spacial score (nSPS) is 38.0. The molecule has 1 heterocycles. The zero-order chi connectivity index (χ0) is 23.5. The summed E-state index contributed by atoms with van der Waals surface area (Å²) in [7, 11) is 1.85. The molecule has 1 aromatic rings. The van der Waals surface area contributed by atoms with E-state index in [1.807, 2.05) is 7.05 Å². The molecule has 0 aromatic heterocycles. The lowest BCUT2D eigenvalue weighted by atomic mass is 9.48. The summed E-state index contributed by atoms with van der Waals surface area (Å²) in [4.78, 5) is 28.4. The van der Waals surface area contributed by atoms with Crippen molar-refractivity contribution >= 4 is 11.8 Å². The number of benzene rings is 1. The molecule has 2 amide bonds. The van der Waals surface area contributed by atoms with Crippen LogP contribution in [0, 0.1) is 40.3 Å². The van der Waals surface area contributed by atoms with Crippen LogP contribution in [0.2, 0.25) is 0 Å². The Kier molecular flexibility index (Phi) is 5.45. The molecule has 3 fully saturated rings. The van der Waals surface area contributed by atoms with E-state index in [4.69, 9.17) is 0 Å². The number of fused-ring (bicyclic) bond motifs is 5. The predicted octanol–water partition coefficient (Wildman–Crippen LogP) is 5.44. The van der Waals surface area contributed by atoms with Crippen LogP contribution in [0.15, 0.2) is 35.5 Å². The van der Waals surface area contributed by atoms with Crippen LogP contribution < -0.4 is 5.32 Å². The average Bonchev–Trinajstić information content (AvgIpc) is 3.17. The van der Waals surface area contributed by atoms with Gasteiger partial charge in [-0.1, -0.05) is 44.0 Å².